The molecule has 0 aliphatic carbocycles. The summed E-state index contributed by atoms with van der Waals surface area (Å²) in [4.78, 5) is 13.0. The van der Waals surface area contributed by atoms with Gasteiger partial charge in [0.15, 0.2) is 0 Å². The first kappa shape index (κ1) is 22.1. The number of hydrogen-bond donors (Lipinski definition) is 1. The normalized spacial score (nSPS) is 10.9. The van der Waals surface area contributed by atoms with E-state index in [0.29, 0.717) is 45.6 Å². The zero-order chi connectivity index (χ0) is 22.7. The van der Waals surface area contributed by atoms with Crippen LogP contribution in [-0.4, -0.2) is 22.2 Å². The third-order valence-corrected chi connectivity index (χ3v) is 5.65. The lowest BCUT2D eigenvalue weighted by Crippen LogP contribution is -2.27. The summed E-state index contributed by atoms with van der Waals surface area (Å²) in [6.45, 7) is 2.35. The molecule has 162 valence electrons. The first-order valence-corrected chi connectivity index (χ1v) is 10.8. The lowest BCUT2D eigenvalue weighted by atomic mass is 10.1. The van der Waals surface area contributed by atoms with Crippen molar-refractivity contribution in [3.05, 3.63) is 105 Å². The maximum Gasteiger partial charge on any atom is 0.270 e. The van der Waals surface area contributed by atoms with Crippen molar-refractivity contribution in [3.63, 3.8) is 0 Å². The number of carbonyl (C=O) groups excluding carboxylic acids is 1. The fourth-order valence-corrected chi connectivity index (χ4v) is 3.85. The van der Waals surface area contributed by atoms with E-state index in [0.717, 1.165) is 11.1 Å². The van der Waals surface area contributed by atoms with Crippen LogP contribution in [0.5, 0.6) is 0 Å². The fraction of sp³-hybridized carbons (Fsp3) is 0.120. The van der Waals surface area contributed by atoms with Gasteiger partial charge >= 0.3 is 0 Å². The van der Waals surface area contributed by atoms with Gasteiger partial charge in [0.25, 0.3) is 5.91 Å². The Kier molecular flexibility index (Phi) is 6.58. The highest BCUT2D eigenvalue weighted by molar-refractivity contribution is 6.35. The first-order valence-electron chi connectivity index (χ1n) is 10.1. The highest BCUT2D eigenvalue weighted by atomic mass is 35.5. The number of amides is 1. The molecule has 3 aromatic carbocycles. The average Bonchev–Trinajstić information content (AvgIpc) is 3.21. The zero-order valence-corrected chi connectivity index (χ0v) is 18.8. The minimum atomic E-state index is -0.398. The van der Waals surface area contributed by atoms with Crippen LogP contribution in [-0.2, 0) is 6.42 Å². The molecule has 0 saturated carbocycles. The molecule has 0 aliphatic heterocycles. The van der Waals surface area contributed by atoms with E-state index in [1.54, 1.807) is 36.4 Å². The van der Waals surface area contributed by atoms with Gasteiger partial charge in [-0.3, -0.25) is 4.79 Å². The molecule has 0 aliphatic rings. The quantitative estimate of drug-likeness (QED) is 0.363. The summed E-state index contributed by atoms with van der Waals surface area (Å²) < 4.78 is 15.9. The summed E-state index contributed by atoms with van der Waals surface area (Å²) >= 11 is 12.2. The number of nitrogens with one attached hydrogen (secondary N) is 1. The summed E-state index contributed by atoms with van der Waals surface area (Å²) in [5.74, 6) is -0.712. The van der Waals surface area contributed by atoms with Crippen molar-refractivity contribution in [1.29, 1.82) is 0 Å². The summed E-state index contributed by atoms with van der Waals surface area (Å²) in [5, 5.41) is 8.55. The van der Waals surface area contributed by atoms with Crippen molar-refractivity contribution in [1.82, 2.24) is 15.1 Å². The van der Waals surface area contributed by atoms with Crippen LogP contribution in [0.1, 0.15) is 21.6 Å². The number of aromatic nitrogens is 2. The molecule has 1 amide bonds. The van der Waals surface area contributed by atoms with Gasteiger partial charge in [-0.05, 0) is 61.4 Å². The molecule has 4 nitrogen and oxygen atoms in total. The Morgan fingerprint density at radius 1 is 1.03 bits per heavy atom. The van der Waals surface area contributed by atoms with Crippen LogP contribution >= 0.6 is 23.2 Å². The molecule has 0 bridgehead atoms. The molecule has 0 atom stereocenters. The molecular formula is C25H20Cl2FN3O. The van der Waals surface area contributed by atoms with Gasteiger partial charge < -0.3 is 5.32 Å². The Bertz CT molecular complexity index is 1270. The molecule has 1 N–H and O–H groups in total. The van der Waals surface area contributed by atoms with Gasteiger partial charge in [0, 0.05) is 22.2 Å². The van der Waals surface area contributed by atoms with E-state index in [1.807, 2.05) is 37.3 Å². The Balaban J connectivity index is 1.61. The Morgan fingerprint density at radius 2 is 1.78 bits per heavy atom. The highest BCUT2D eigenvalue weighted by Gasteiger charge is 2.19. The Labute approximate surface area is 195 Å². The van der Waals surface area contributed by atoms with Gasteiger partial charge in [-0.2, -0.15) is 5.10 Å². The van der Waals surface area contributed by atoms with Crippen molar-refractivity contribution in [2.45, 2.75) is 13.3 Å². The minimum absolute atomic E-state index is 0.314. The second-order valence-electron chi connectivity index (χ2n) is 7.38. The smallest absolute Gasteiger partial charge is 0.270 e. The molecule has 1 heterocycles. The monoisotopic (exact) mass is 467 g/mol. The molecule has 1 aromatic heterocycles. The predicted molar refractivity (Wildman–Crippen MR) is 126 cm³/mol. The van der Waals surface area contributed by atoms with Crippen molar-refractivity contribution in [2.75, 3.05) is 6.54 Å². The lowest BCUT2D eigenvalue weighted by molar-refractivity contribution is 0.0946. The second-order valence-corrected chi connectivity index (χ2v) is 8.23. The number of benzene rings is 3. The Morgan fingerprint density at radius 3 is 2.50 bits per heavy atom. The van der Waals surface area contributed by atoms with Gasteiger partial charge in [-0.1, -0.05) is 59.1 Å². The van der Waals surface area contributed by atoms with Gasteiger partial charge in [0.2, 0.25) is 0 Å². The summed E-state index contributed by atoms with van der Waals surface area (Å²) in [6, 6.07) is 20.8. The SMILES string of the molecule is Cc1ccc(-n2nc(-c3ccccc3F)cc2C(=O)NCCc2ccc(Cl)cc2Cl)cc1. The van der Waals surface area contributed by atoms with Gasteiger partial charge in [0.05, 0.1) is 11.4 Å². The van der Waals surface area contributed by atoms with Crippen molar-refractivity contribution >= 4 is 29.1 Å². The van der Waals surface area contributed by atoms with Crippen LogP contribution in [0.15, 0.2) is 72.8 Å². The van der Waals surface area contributed by atoms with Gasteiger partial charge in [-0.15, -0.1) is 0 Å². The molecule has 7 heteroatoms. The highest BCUT2D eigenvalue weighted by Crippen LogP contribution is 2.25. The van der Waals surface area contributed by atoms with E-state index in [1.165, 1.54) is 10.7 Å². The number of carbonyl (C=O) groups is 1. The standard InChI is InChI=1S/C25H20Cl2FN3O/c1-16-6-10-19(11-7-16)31-24(15-23(30-31)20-4-2-3-5-22(20)28)25(32)29-13-12-17-8-9-18(26)14-21(17)27/h2-11,14-15H,12-13H2,1H3,(H,29,32). The van der Waals surface area contributed by atoms with Crippen molar-refractivity contribution in [3.8, 4) is 16.9 Å². The van der Waals surface area contributed by atoms with E-state index in [4.69, 9.17) is 23.2 Å². The van der Waals surface area contributed by atoms with Gasteiger partial charge in [0.1, 0.15) is 11.5 Å². The predicted octanol–water partition coefficient (Wildman–Crippen LogP) is 6.27. The van der Waals surface area contributed by atoms with Gasteiger partial charge in [-0.25, -0.2) is 9.07 Å². The van der Waals surface area contributed by atoms with E-state index in [-0.39, 0.29) is 5.91 Å². The number of rotatable bonds is 6. The molecule has 0 spiro atoms. The largest absolute Gasteiger partial charge is 0.350 e. The molecule has 0 radical (unpaired) electrons. The average molecular weight is 468 g/mol. The zero-order valence-electron chi connectivity index (χ0n) is 17.3. The lowest BCUT2D eigenvalue weighted by Gasteiger charge is -2.09. The van der Waals surface area contributed by atoms with Crippen LogP contribution in [0.3, 0.4) is 0 Å². The van der Waals surface area contributed by atoms with Crippen molar-refractivity contribution in [2.24, 2.45) is 0 Å². The minimum Gasteiger partial charge on any atom is -0.350 e. The van der Waals surface area contributed by atoms with E-state index in [2.05, 4.69) is 10.4 Å². The van der Waals surface area contributed by atoms with Crippen LogP contribution in [0.25, 0.3) is 16.9 Å². The summed E-state index contributed by atoms with van der Waals surface area (Å²) in [5.41, 5.74) is 3.71. The first-order chi connectivity index (χ1) is 15.4. The van der Waals surface area contributed by atoms with Crippen LogP contribution in [0.2, 0.25) is 10.0 Å². The number of nitrogens with zero attached hydrogens (tertiary/aromatic N) is 2. The summed E-state index contributed by atoms with van der Waals surface area (Å²) in [7, 11) is 0. The van der Waals surface area contributed by atoms with Crippen molar-refractivity contribution < 1.29 is 9.18 Å². The van der Waals surface area contributed by atoms with Crippen LogP contribution < -0.4 is 5.32 Å². The van der Waals surface area contributed by atoms with E-state index < -0.39 is 5.82 Å². The maximum atomic E-state index is 14.4. The topological polar surface area (TPSA) is 46.9 Å². The van der Waals surface area contributed by atoms with Crippen LogP contribution in [0, 0.1) is 12.7 Å². The number of halogens is 3. The number of aryl methyl sites for hydroxylation is 1. The molecule has 32 heavy (non-hydrogen) atoms. The molecule has 4 aromatic rings. The molecule has 4 rings (SSSR count). The summed E-state index contributed by atoms with van der Waals surface area (Å²) in [6.07, 6.45) is 0.542. The molecular weight excluding hydrogens is 448 g/mol. The van der Waals surface area contributed by atoms with E-state index >= 15 is 0 Å². The third kappa shape index (κ3) is 4.85. The van der Waals surface area contributed by atoms with E-state index in [9.17, 15) is 9.18 Å². The molecule has 0 fully saturated rings. The molecule has 0 unspecified atom stereocenters. The number of hydrogen-bond acceptors (Lipinski definition) is 2. The second kappa shape index (κ2) is 9.55. The molecule has 0 saturated heterocycles. The van der Waals surface area contributed by atoms with Crippen LogP contribution in [0.4, 0.5) is 4.39 Å². The third-order valence-electron chi connectivity index (χ3n) is 5.07. The maximum absolute atomic E-state index is 14.4. The Hall–Kier alpha value is -3.15. The fourth-order valence-electron chi connectivity index (χ4n) is 3.35.